The molecule has 0 aromatic heterocycles. The first-order valence-corrected chi connectivity index (χ1v) is 41.3. The Morgan fingerprint density at radius 3 is 0.678 bits per heavy atom. The fourth-order valence-corrected chi connectivity index (χ4v) is 16.3. The first-order valence-electron chi connectivity index (χ1n) is 41.3. The van der Waals surface area contributed by atoms with Crippen molar-refractivity contribution in [3.63, 3.8) is 0 Å². The molecule has 0 spiro atoms. The van der Waals surface area contributed by atoms with E-state index in [1.807, 2.05) is 0 Å². The van der Waals surface area contributed by atoms with Gasteiger partial charge in [-0.3, -0.25) is 0 Å². The summed E-state index contributed by atoms with van der Waals surface area (Å²) in [7, 11) is 6.42. The van der Waals surface area contributed by atoms with Crippen molar-refractivity contribution in [2.24, 2.45) is 0 Å². The Balaban J connectivity index is 0.000000124. The average Bonchev–Trinajstić information content (AvgIpc) is 0.758. The van der Waals surface area contributed by atoms with Crippen molar-refractivity contribution in [2.45, 2.75) is 0 Å². The summed E-state index contributed by atoms with van der Waals surface area (Å²) < 4.78 is 0. The van der Waals surface area contributed by atoms with Crippen molar-refractivity contribution >= 4 is 128 Å². The lowest BCUT2D eigenvalue weighted by Crippen LogP contribution is -2.10. The van der Waals surface area contributed by atoms with Crippen molar-refractivity contribution in [3.05, 3.63) is 491 Å². The van der Waals surface area contributed by atoms with Gasteiger partial charge < -0.3 is 29.4 Å². The zero-order valence-corrected chi connectivity index (χ0v) is 67.9. The third-order valence-corrected chi connectivity index (χ3v) is 22.7. The number of rotatable bonds is 19. The lowest BCUT2D eigenvalue weighted by molar-refractivity contribution is 1.21. The van der Waals surface area contributed by atoms with E-state index >= 15 is 0 Å². The van der Waals surface area contributed by atoms with Gasteiger partial charge in [0.2, 0.25) is 0 Å². The highest BCUT2D eigenvalue weighted by Gasteiger charge is 2.19. The van der Waals surface area contributed by atoms with Crippen LogP contribution in [0, 0.1) is 0 Å². The molecule has 121 heavy (non-hydrogen) atoms. The molecule has 0 aliphatic carbocycles. The molecule has 0 unspecified atom stereocenters. The Morgan fingerprint density at radius 2 is 0.339 bits per heavy atom. The monoisotopic (exact) mass is 1550 g/mol. The maximum atomic E-state index is 2.31. The second kappa shape index (κ2) is 35.8. The smallest absolute Gasteiger partial charge is 0.0567 e. The number of fused-ring (bicyclic) bond motifs is 4. The highest BCUT2D eigenvalue weighted by atomic mass is 15.2. The zero-order chi connectivity index (χ0) is 81.6. The van der Waals surface area contributed by atoms with Gasteiger partial charge in [-0.15, -0.1) is 0 Å². The standard InChI is InChI=1S/2C39H30N2.C37H30N2/c1-40(39-37-18-10-8-12-31(37)28-32-13-9-11-19-38(32)39)33-24-20-29(21-25-33)30-22-26-36(27-23-30)41(34-14-4-2-5-15-34)35-16-6-3-7-17-35;1-40(39-25-20-33-26-31-10-8-9-11-32(31)27-34(33)28-39)35-21-16-29(17-22-35)30-18-23-38(24-19-30)41(36-12-4-2-5-13-36)37-14-6-3-7-15-37;1-38(37-19-11-14-32(28-37)29-12-5-2-6-13-29)33-24-20-30(21-25-33)31-22-26-36(27-23-31)39(34-15-7-3-8-16-34)35-17-9-4-10-18-35/h2*2-28H,1H3;2-28H,1H3. The lowest BCUT2D eigenvalue weighted by Gasteiger charge is -2.25. The molecule has 20 rings (SSSR count). The van der Waals surface area contributed by atoms with Crippen LogP contribution in [-0.4, -0.2) is 21.1 Å². The molecule has 0 radical (unpaired) electrons. The predicted octanol–water partition coefficient (Wildman–Crippen LogP) is 32.1. The van der Waals surface area contributed by atoms with Crippen molar-refractivity contribution in [3.8, 4) is 44.5 Å². The van der Waals surface area contributed by atoms with Crippen LogP contribution in [0.2, 0.25) is 0 Å². The SMILES string of the molecule is CN(c1ccc(-c2ccc(N(c3ccccc3)c3ccccc3)cc2)cc1)c1c2ccccc2cc2ccccc12.CN(c1ccc(-c2ccc(N(c3ccccc3)c3ccccc3)cc2)cc1)c1ccc2cc3ccccc3cc2c1.CN(c1ccc(-c2ccc(N(c3ccccc3)c3ccccc3)cc2)cc1)c1cccc(-c2ccccc2)c1. The maximum Gasteiger partial charge on any atom is 0.0567 e. The Hall–Kier alpha value is -15.8. The normalized spacial score (nSPS) is 10.9. The number of hydrogen-bond donors (Lipinski definition) is 0. The van der Waals surface area contributed by atoms with Crippen LogP contribution in [-0.2, 0) is 0 Å². The van der Waals surface area contributed by atoms with Crippen LogP contribution in [0.1, 0.15) is 0 Å². The summed E-state index contributed by atoms with van der Waals surface area (Å²) in [5.74, 6) is 0. The van der Waals surface area contributed by atoms with Crippen LogP contribution in [0.15, 0.2) is 491 Å². The quantitative estimate of drug-likeness (QED) is 0.0746. The van der Waals surface area contributed by atoms with Gasteiger partial charge in [0.25, 0.3) is 0 Å². The van der Waals surface area contributed by atoms with Gasteiger partial charge in [-0.1, -0.05) is 303 Å². The van der Waals surface area contributed by atoms with Crippen LogP contribution in [0.3, 0.4) is 0 Å². The van der Waals surface area contributed by atoms with E-state index in [0.717, 1.165) is 73.9 Å². The maximum absolute atomic E-state index is 2.31. The van der Waals surface area contributed by atoms with Gasteiger partial charge in [-0.05, 0) is 265 Å². The van der Waals surface area contributed by atoms with Crippen LogP contribution in [0.4, 0.5) is 85.3 Å². The molecule has 20 aromatic carbocycles. The summed E-state index contributed by atoms with van der Waals surface area (Å²) in [4.78, 5) is 13.7. The highest BCUT2D eigenvalue weighted by molar-refractivity contribution is 6.12. The van der Waals surface area contributed by atoms with Gasteiger partial charge >= 0.3 is 0 Å². The van der Waals surface area contributed by atoms with Gasteiger partial charge in [0.1, 0.15) is 0 Å². The number of para-hydroxylation sites is 6. The van der Waals surface area contributed by atoms with Gasteiger partial charge in [-0.2, -0.15) is 0 Å². The topological polar surface area (TPSA) is 19.4 Å². The third-order valence-electron chi connectivity index (χ3n) is 22.7. The minimum absolute atomic E-state index is 1.13. The van der Waals surface area contributed by atoms with E-state index in [-0.39, 0.29) is 0 Å². The molecule has 6 nitrogen and oxygen atoms in total. The second-order valence-corrected chi connectivity index (χ2v) is 30.3. The number of hydrogen-bond acceptors (Lipinski definition) is 6. The summed E-state index contributed by atoms with van der Waals surface area (Å²) in [6.45, 7) is 0. The fraction of sp³-hybridized carbons (Fsp3) is 0.0261. The van der Waals surface area contributed by atoms with E-state index in [4.69, 9.17) is 0 Å². The zero-order valence-electron chi connectivity index (χ0n) is 67.9. The summed E-state index contributed by atoms with van der Waals surface area (Å²) in [5, 5.41) is 10.1. The summed E-state index contributed by atoms with van der Waals surface area (Å²) >= 11 is 0. The number of benzene rings is 20. The molecular formula is C115H90N6. The Bertz CT molecular complexity index is 6630. The van der Waals surface area contributed by atoms with Crippen LogP contribution in [0.5, 0.6) is 0 Å². The molecule has 0 aliphatic heterocycles. The van der Waals surface area contributed by atoms with Gasteiger partial charge in [0.05, 0.1) is 5.69 Å². The molecule has 0 bridgehead atoms. The first-order chi connectivity index (χ1) is 59.7. The molecule has 0 saturated carbocycles. The van der Waals surface area contributed by atoms with Crippen LogP contribution >= 0.6 is 0 Å². The molecular weight excluding hydrogens is 1470 g/mol. The average molecular weight is 1560 g/mol. The van der Waals surface area contributed by atoms with Crippen molar-refractivity contribution in [1.29, 1.82) is 0 Å². The number of nitrogens with zero attached hydrogens (tertiary/aromatic N) is 6. The lowest BCUT2D eigenvalue weighted by atomic mass is 9.99. The highest BCUT2D eigenvalue weighted by Crippen LogP contribution is 2.43. The molecule has 580 valence electrons. The van der Waals surface area contributed by atoms with E-state index in [1.54, 1.807) is 0 Å². The Kier molecular flexibility index (Phi) is 22.6. The molecule has 0 heterocycles. The number of anilines is 15. The van der Waals surface area contributed by atoms with Gasteiger partial charge in [0, 0.05) is 112 Å². The van der Waals surface area contributed by atoms with Gasteiger partial charge in [0.15, 0.2) is 0 Å². The van der Waals surface area contributed by atoms with Gasteiger partial charge in [-0.25, -0.2) is 0 Å². The minimum Gasteiger partial charge on any atom is -0.345 e. The fourth-order valence-electron chi connectivity index (χ4n) is 16.3. The minimum atomic E-state index is 1.13. The van der Waals surface area contributed by atoms with Crippen molar-refractivity contribution < 1.29 is 0 Å². The van der Waals surface area contributed by atoms with E-state index in [2.05, 4.69) is 542 Å². The third kappa shape index (κ3) is 17.1. The van der Waals surface area contributed by atoms with E-state index in [0.29, 0.717) is 0 Å². The first kappa shape index (κ1) is 76.5. The largest absolute Gasteiger partial charge is 0.345 e. The molecule has 20 aromatic rings. The molecule has 0 aliphatic rings. The molecule has 0 saturated heterocycles. The van der Waals surface area contributed by atoms with E-state index < -0.39 is 0 Å². The Morgan fingerprint density at radius 1 is 0.124 bits per heavy atom. The Labute approximate surface area is 710 Å². The summed E-state index contributed by atoms with van der Waals surface area (Å²) in [6, 6.07) is 175. The van der Waals surface area contributed by atoms with E-state index in [9.17, 15) is 0 Å². The summed E-state index contributed by atoms with van der Waals surface area (Å²) in [6.07, 6.45) is 0. The summed E-state index contributed by atoms with van der Waals surface area (Å²) in [5.41, 5.74) is 26.9. The molecule has 0 atom stereocenters. The predicted molar refractivity (Wildman–Crippen MR) is 519 cm³/mol. The van der Waals surface area contributed by atoms with Crippen LogP contribution < -0.4 is 29.4 Å². The molecule has 0 amide bonds. The van der Waals surface area contributed by atoms with Crippen molar-refractivity contribution in [2.75, 3.05) is 50.5 Å². The molecule has 6 heteroatoms. The van der Waals surface area contributed by atoms with Crippen molar-refractivity contribution in [1.82, 2.24) is 0 Å². The van der Waals surface area contributed by atoms with E-state index in [1.165, 1.54) is 99.0 Å². The molecule has 0 N–H and O–H groups in total. The molecule has 0 fully saturated rings. The van der Waals surface area contributed by atoms with Crippen LogP contribution in [0.25, 0.3) is 87.6 Å². The second-order valence-electron chi connectivity index (χ2n) is 30.3.